The Bertz CT molecular complexity index is 1460. The van der Waals surface area contributed by atoms with Crippen molar-refractivity contribution in [1.29, 1.82) is 0 Å². The molecule has 6 aromatic rings. The maximum atomic E-state index is 2.33. The van der Waals surface area contributed by atoms with Gasteiger partial charge in [0.15, 0.2) is 0 Å². The van der Waals surface area contributed by atoms with Gasteiger partial charge in [0.05, 0.1) is 0 Å². The first-order valence-electron chi connectivity index (χ1n) is 9.31. The molecular formula is C26H17P. The molecule has 1 aromatic heterocycles. The lowest BCUT2D eigenvalue weighted by molar-refractivity contribution is 1.76. The van der Waals surface area contributed by atoms with Crippen LogP contribution in [0.15, 0.2) is 103 Å². The van der Waals surface area contributed by atoms with Crippen LogP contribution in [0.3, 0.4) is 0 Å². The van der Waals surface area contributed by atoms with E-state index < -0.39 is 7.53 Å². The van der Waals surface area contributed by atoms with Crippen LogP contribution >= 0.6 is 7.53 Å². The van der Waals surface area contributed by atoms with Gasteiger partial charge >= 0.3 is 0 Å². The summed E-state index contributed by atoms with van der Waals surface area (Å²) in [4.78, 5) is 0. The maximum absolute atomic E-state index is 2.33. The summed E-state index contributed by atoms with van der Waals surface area (Å²) >= 11 is 0. The molecule has 0 fully saturated rings. The van der Waals surface area contributed by atoms with Gasteiger partial charge < -0.3 is 0 Å². The van der Waals surface area contributed by atoms with Crippen LogP contribution in [-0.4, -0.2) is 0 Å². The van der Waals surface area contributed by atoms with E-state index in [2.05, 4.69) is 103 Å². The third kappa shape index (κ3) is 2.05. The molecule has 0 aliphatic rings. The average molecular weight is 360 g/mol. The predicted octanol–water partition coefficient (Wildman–Crippen LogP) is 8.28. The molecule has 0 radical (unpaired) electrons. The van der Waals surface area contributed by atoms with E-state index in [0.717, 1.165) is 0 Å². The molecule has 0 amide bonds. The van der Waals surface area contributed by atoms with Crippen LogP contribution in [0.25, 0.3) is 47.9 Å². The fourth-order valence-corrected chi connectivity index (χ4v) is 7.28. The lowest BCUT2D eigenvalue weighted by Crippen LogP contribution is -1.79. The van der Waals surface area contributed by atoms with Crippen molar-refractivity contribution in [2.45, 2.75) is 0 Å². The molecule has 27 heavy (non-hydrogen) atoms. The molecule has 0 saturated carbocycles. The molecule has 1 atom stereocenters. The second-order valence-corrected chi connectivity index (χ2v) is 9.12. The number of benzene rings is 5. The lowest BCUT2D eigenvalue weighted by Gasteiger charge is -2.10. The molecule has 0 N–H and O–H groups in total. The normalized spacial score (nSPS) is 12.4. The minimum atomic E-state index is -0.545. The summed E-state index contributed by atoms with van der Waals surface area (Å²) in [5.41, 5.74) is 0. The molecule has 1 unspecified atom stereocenters. The number of fused-ring (bicyclic) bond motifs is 8. The SMILES string of the molecule is c1ccc(-p2c3ccccc3c3c4ccccc4c4ccccc4c32)cc1. The van der Waals surface area contributed by atoms with E-state index in [4.69, 9.17) is 0 Å². The van der Waals surface area contributed by atoms with Gasteiger partial charge in [0.1, 0.15) is 0 Å². The summed E-state index contributed by atoms with van der Waals surface area (Å²) in [6.45, 7) is 0. The van der Waals surface area contributed by atoms with Gasteiger partial charge in [-0.05, 0) is 32.2 Å². The Morgan fingerprint density at radius 2 is 0.926 bits per heavy atom. The Morgan fingerprint density at radius 3 is 1.67 bits per heavy atom. The van der Waals surface area contributed by atoms with Crippen LogP contribution in [0.5, 0.6) is 0 Å². The molecular weight excluding hydrogens is 343 g/mol. The molecule has 126 valence electrons. The highest BCUT2D eigenvalue weighted by Crippen LogP contribution is 2.58. The fraction of sp³-hybridized carbons (Fsp3) is 0. The van der Waals surface area contributed by atoms with Gasteiger partial charge in [-0.15, -0.1) is 0 Å². The Labute approximate surface area is 158 Å². The minimum absolute atomic E-state index is 0.545. The lowest BCUT2D eigenvalue weighted by atomic mass is 9.97. The van der Waals surface area contributed by atoms with Gasteiger partial charge in [0.2, 0.25) is 0 Å². The summed E-state index contributed by atoms with van der Waals surface area (Å²) in [5.74, 6) is 0. The van der Waals surface area contributed by atoms with Crippen LogP contribution in [0, 0.1) is 0 Å². The molecule has 0 spiro atoms. The van der Waals surface area contributed by atoms with Crippen molar-refractivity contribution >= 4 is 50.1 Å². The third-order valence-corrected chi connectivity index (χ3v) is 8.16. The highest BCUT2D eigenvalue weighted by atomic mass is 31.1. The van der Waals surface area contributed by atoms with Crippen molar-refractivity contribution in [2.75, 3.05) is 0 Å². The molecule has 0 saturated heterocycles. The van der Waals surface area contributed by atoms with E-state index in [1.165, 1.54) is 47.9 Å². The van der Waals surface area contributed by atoms with Crippen molar-refractivity contribution in [3.05, 3.63) is 103 Å². The highest BCUT2D eigenvalue weighted by Gasteiger charge is 2.18. The van der Waals surface area contributed by atoms with Gasteiger partial charge in [-0.3, -0.25) is 0 Å². The Hall–Kier alpha value is -3.08. The summed E-state index contributed by atoms with van der Waals surface area (Å²) in [7, 11) is -0.545. The summed E-state index contributed by atoms with van der Waals surface area (Å²) in [5, 5.41) is 12.8. The smallest absolute Gasteiger partial charge is 0.0153 e. The Morgan fingerprint density at radius 1 is 0.407 bits per heavy atom. The van der Waals surface area contributed by atoms with Gasteiger partial charge in [0.25, 0.3) is 0 Å². The van der Waals surface area contributed by atoms with E-state index >= 15 is 0 Å². The molecule has 0 aliphatic carbocycles. The van der Waals surface area contributed by atoms with Crippen molar-refractivity contribution in [1.82, 2.24) is 0 Å². The quantitative estimate of drug-likeness (QED) is 0.259. The topological polar surface area (TPSA) is 0 Å². The zero-order chi connectivity index (χ0) is 17.8. The standard InChI is InChI=1S/C26H17P/c1-2-10-18(11-3-1)27-24-17-9-8-16-23(24)25-21-14-6-4-12-19(21)20-13-5-7-15-22(20)26(25)27/h1-17H. The average Bonchev–Trinajstić information content (AvgIpc) is 3.10. The molecule has 0 aliphatic heterocycles. The Balaban J connectivity index is 2.02. The van der Waals surface area contributed by atoms with Gasteiger partial charge in [-0.25, -0.2) is 0 Å². The molecule has 1 heteroatoms. The van der Waals surface area contributed by atoms with E-state index in [9.17, 15) is 0 Å². The summed E-state index contributed by atoms with van der Waals surface area (Å²) in [6, 6.07) is 37.8. The number of hydrogen-bond donors (Lipinski definition) is 0. The van der Waals surface area contributed by atoms with E-state index in [-0.39, 0.29) is 0 Å². The van der Waals surface area contributed by atoms with Gasteiger partial charge in [0, 0.05) is 15.6 Å². The number of hydrogen-bond acceptors (Lipinski definition) is 0. The van der Waals surface area contributed by atoms with Crippen LogP contribution in [0.1, 0.15) is 0 Å². The molecule has 0 bridgehead atoms. The van der Waals surface area contributed by atoms with Crippen LogP contribution in [0.4, 0.5) is 0 Å². The predicted molar refractivity (Wildman–Crippen MR) is 121 cm³/mol. The minimum Gasteiger partial charge on any atom is -0.0766 e. The zero-order valence-corrected chi connectivity index (χ0v) is 15.7. The third-order valence-electron chi connectivity index (χ3n) is 5.56. The molecule has 6 rings (SSSR count). The first-order valence-corrected chi connectivity index (χ1v) is 10.7. The maximum Gasteiger partial charge on any atom is 0.0153 e. The van der Waals surface area contributed by atoms with Crippen LogP contribution in [0.2, 0.25) is 0 Å². The first kappa shape index (κ1) is 15.0. The largest absolute Gasteiger partial charge is 0.0766 e. The van der Waals surface area contributed by atoms with Crippen molar-refractivity contribution in [3.8, 4) is 5.30 Å². The molecule has 5 aromatic carbocycles. The van der Waals surface area contributed by atoms with Crippen LogP contribution < -0.4 is 0 Å². The first-order chi connectivity index (χ1) is 13.4. The highest BCUT2D eigenvalue weighted by molar-refractivity contribution is 7.68. The zero-order valence-electron chi connectivity index (χ0n) is 14.8. The Kier molecular flexibility index (Phi) is 3.18. The van der Waals surface area contributed by atoms with Gasteiger partial charge in [-0.2, -0.15) is 0 Å². The fourth-order valence-electron chi connectivity index (χ4n) is 4.47. The molecule has 0 nitrogen and oxygen atoms in total. The summed E-state index contributed by atoms with van der Waals surface area (Å²) < 4.78 is 0. The van der Waals surface area contributed by atoms with Crippen molar-refractivity contribution in [2.24, 2.45) is 0 Å². The summed E-state index contributed by atoms with van der Waals surface area (Å²) in [6.07, 6.45) is 0. The van der Waals surface area contributed by atoms with E-state index in [1.54, 1.807) is 0 Å². The second-order valence-electron chi connectivity index (χ2n) is 7.00. The van der Waals surface area contributed by atoms with E-state index in [0.29, 0.717) is 0 Å². The van der Waals surface area contributed by atoms with Crippen LogP contribution in [-0.2, 0) is 0 Å². The van der Waals surface area contributed by atoms with E-state index in [1.807, 2.05) is 0 Å². The second kappa shape index (κ2) is 5.71. The molecule has 1 heterocycles. The monoisotopic (exact) mass is 360 g/mol. The number of rotatable bonds is 1. The van der Waals surface area contributed by atoms with Crippen molar-refractivity contribution in [3.63, 3.8) is 0 Å². The van der Waals surface area contributed by atoms with Gasteiger partial charge in [-0.1, -0.05) is 111 Å². The van der Waals surface area contributed by atoms with Crippen molar-refractivity contribution < 1.29 is 0 Å².